The van der Waals surface area contributed by atoms with Crippen LogP contribution in [0.5, 0.6) is 0 Å². The second-order valence-electron chi connectivity index (χ2n) is 11.1. The Hall–Kier alpha value is -2.57. The molecule has 2 N–H and O–H groups in total. The Balaban J connectivity index is 2.18. The SMILES string of the molecule is CCCCCCCc1nc([C@H](C(=O)O)C(C2SCCS2)[C@](C(=O)O)(N(OC)C(=O)c2ccccc2)C(C)(C)C)no1. The van der Waals surface area contributed by atoms with E-state index in [4.69, 9.17) is 9.36 Å². The number of aryl methyl sites for hydroxylation is 1. The third kappa shape index (κ3) is 7.09. The van der Waals surface area contributed by atoms with Crippen molar-refractivity contribution in [3.05, 3.63) is 47.6 Å². The average molecular weight is 608 g/mol. The molecule has 1 aliphatic rings. The second kappa shape index (κ2) is 14.6. The van der Waals surface area contributed by atoms with E-state index in [2.05, 4.69) is 17.1 Å². The molecule has 12 heteroatoms. The average Bonchev–Trinajstić information content (AvgIpc) is 3.62. The molecule has 226 valence electrons. The summed E-state index contributed by atoms with van der Waals surface area (Å²) in [5.74, 6) is -4.43. The van der Waals surface area contributed by atoms with Crippen LogP contribution in [-0.4, -0.2) is 72.0 Å². The summed E-state index contributed by atoms with van der Waals surface area (Å²) in [6.07, 6.45) is 5.65. The summed E-state index contributed by atoms with van der Waals surface area (Å²) in [6, 6.07) is 8.22. The van der Waals surface area contributed by atoms with Crippen molar-refractivity contribution < 1.29 is 34.0 Å². The molecule has 3 rings (SSSR count). The molecule has 1 unspecified atom stereocenters. The summed E-state index contributed by atoms with van der Waals surface area (Å²) >= 11 is 2.94. The zero-order valence-electron chi connectivity index (χ0n) is 24.4. The van der Waals surface area contributed by atoms with Crippen molar-refractivity contribution in [2.45, 2.75) is 82.3 Å². The zero-order valence-corrected chi connectivity index (χ0v) is 26.0. The van der Waals surface area contributed by atoms with E-state index in [0.717, 1.165) is 37.2 Å². The van der Waals surface area contributed by atoms with Gasteiger partial charge >= 0.3 is 11.9 Å². The number of carboxylic acid groups (broad SMARTS) is 2. The van der Waals surface area contributed by atoms with E-state index in [9.17, 15) is 24.6 Å². The molecular weight excluding hydrogens is 566 g/mol. The first kappa shape index (κ1) is 32.9. The number of thioether (sulfide) groups is 2. The highest BCUT2D eigenvalue weighted by Gasteiger charge is 2.67. The number of aliphatic carboxylic acids is 2. The van der Waals surface area contributed by atoms with Crippen molar-refractivity contribution in [3.63, 3.8) is 0 Å². The molecule has 1 aromatic carbocycles. The van der Waals surface area contributed by atoms with Gasteiger partial charge in [0, 0.05) is 29.4 Å². The molecule has 0 radical (unpaired) electrons. The molecule has 0 spiro atoms. The molecule has 1 aromatic heterocycles. The number of amides is 1. The third-order valence-electron chi connectivity index (χ3n) is 7.48. The largest absolute Gasteiger partial charge is 0.481 e. The van der Waals surface area contributed by atoms with Gasteiger partial charge in [-0.1, -0.05) is 76.7 Å². The van der Waals surface area contributed by atoms with Crippen molar-refractivity contribution in [3.8, 4) is 0 Å². The molecule has 0 aliphatic carbocycles. The normalized spacial score (nSPS) is 17.1. The fourth-order valence-corrected chi connectivity index (χ4v) is 8.87. The number of nitrogens with zero attached hydrogens (tertiary/aromatic N) is 3. The lowest BCUT2D eigenvalue weighted by Gasteiger charge is -2.53. The van der Waals surface area contributed by atoms with Gasteiger partial charge < -0.3 is 14.7 Å². The lowest BCUT2D eigenvalue weighted by molar-refractivity contribution is -0.226. The Bertz CT molecular complexity index is 1160. The maximum Gasteiger partial charge on any atom is 0.333 e. The Morgan fingerprint density at radius 3 is 2.24 bits per heavy atom. The van der Waals surface area contributed by atoms with Crippen LogP contribution in [0, 0.1) is 11.3 Å². The maximum absolute atomic E-state index is 13.9. The summed E-state index contributed by atoms with van der Waals surface area (Å²) in [6.45, 7) is 7.18. The lowest BCUT2D eigenvalue weighted by Crippen LogP contribution is -2.70. The van der Waals surface area contributed by atoms with Crippen molar-refractivity contribution in [1.29, 1.82) is 0 Å². The lowest BCUT2D eigenvalue weighted by atomic mass is 9.62. The van der Waals surface area contributed by atoms with Crippen LogP contribution in [0.1, 0.15) is 87.8 Å². The van der Waals surface area contributed by atoms with Crippen LogP contribution in [0.2, 0.25) is 0 Å². The number of aromatic nitrogens is 2. The van der Waals surface area contributed by atoms with Gasteiger partial charge in [0.25, 0.3) is 5.91 Å². The Kier molecular flexibility index (Phi) is 11.7. The monoisotopic (exact) mass is 607 g/mol. The predicted molar refractivity (Wildman–Crippen MR) is 159 cm³/mol. The fraction of sp³-hybridized carbons (Fsp3) is 0.621. The fourth-order valence-electron chi connectivity index (χ4n) is 5.55. The van der Waals surface area contributed by atoms with E-state index in [1.54, 1.807) is 51.1 Å². The third-order valence-corrected chi connectivity index (χ3v) is 10.7. The standard InChI is InChI=1S/C29H41N3O7S2/c1-6-7-8-9-13-16-20-30-23(31-39-20)21(25(34)35)22(26-40-17-18-41-26)29(27(36)37,28(2,3)4)32(38-5)24(33)19-14-11-10-12-15-19/h10-12,14-15,21-22,26H,6-9,13,16-18H2,1-5H3,(H,34,35)(H,36,37)/t21-,22?,29-/m1/s1. The molecule has 10 nitrogen and oxygen atoms in total. The number of hydrogen-bond acceptors (Lipinski definition) is 9. The maximum atomic E-state index is 13.9. The minimum absolute atomic E-state index is 0.0998. The summed E-state index contributed by atoms with van der Waals surface area (Å²) in [4.78, 5) is 50.8. The van der Waals surface area contributed by atoms with Gasteiger partial charge in [-0.25, -0.2) is 4.79 Å². The van der Waals surface area contributed by atoms with Gasteiger partial charge in [-0.15, -0.1) is 23.5 Å². The van der Waals surface area contributed by atoms with Crippen molar-refractivity contribution in [1.82, 2.24) is 15.2 Å². The molecule has 3 atom stereocenters. The highest BCUT2D eigenvalue weighted by Crippen LogP contribution is 2.55. The first-order chi connectivity index (χ1) is 19.5. The molecule has 1 fully saturated rings. The molecule has 1 saturated heterocycles. The quantitative estimate of drug-likeness (QED) is 0.189. The minimum atomic E-state index is -2.15. The molecule has 1 aliphatic heterocycles. The van der Waals surface area contributed by atoms with Crippen LogP contribution in [0.15, 0.2) is 34.9 Å². The smallest absolute Gasteiger partial charge is 0.333 e. The van der Waals surface area contributed by atoms with Crippen LogP contribution >= 0.6 is 23.5 Å². The zero-order chi connectivity index (χ0) is 30.2. The van der Waals surface area contributed by atoms with Gasteiger partial charge in [-0.2, -0.15) is 10.0 Å². The molecule has 2 heterocycles. The van der Waals surface area contributed by atoms with Crippen LogP contribution in [0.3, 0.4) is 0 Å². The van der Waals surface area contributed by atoms with Gasteiger partial charge in [0.1, 0.15) is 5.92 Å². The van der Waals surface area contributed by atoms with Crippen LogP contribution in [0.25, 0.3) is 0 Å². The number of carbonyl (C=O) groups is 3. The Morgan fingerprint density at radius 2 is 1.71 bits per heavy atom. The highest BCUT2D eigenvalue weighted by atomic mass is 32.2. The molecule has 2 aromatic rings. The first-order valence-electron chi connectivity index (χ1n) is 14.0. The predicted octanol–water partition coefficient (Wildman–Crippen LogP) is 5.75. The van der Waals surface area contributed by atoms with E-state index in [1.165, 1.54) is 30.6 Å². The number of carboxylic acids is 2. The summed E-state index contributed by atoms with van der Waals surface area (Å²) in [5, 5.41) is 26.7. The number of rotatable bonds is 15. The van der Waals surface area contributed by atoms with Crippen molar-refractivity contribution >= 4 is 41.4 Å². The highest BCUT2D eigenvalue weighted by molar-refractivity contribution is 8.20. The molecule has 0 saturated carbocycles. The molecule has 1 amide bonds. The van der Waals surface area contributed by atoms with E-state index in [0.29, 0.717) is 23.8 Å². The van der Waals surface area contributed by atoms with Crippen molar-refractivity contribution in [2.75, 3.05) is 18.6 Å². The topological polar surface area (TPSA) is 143 Å². The molecule has 0 bridgehead atoms. The minimum Gasteiger partial charge on any atom is -0.481 e. The van der Waals surface area contributed by atoms with Gasteiger partial charge in [0.2, 0.25) is 5.89 Å². The summed E-state index contributed by atoms with van der Waals surface area (Å²) in [5.41, 5.74) is -3.13. The Morgan fingerprint density at radius 1 is 1.07 bits per heavy atom. The van der Waals surface area contributed by atoms with Crippen molar-refractivity contribution in [2.24, 2.45) is 11.3 Å². The number of hydrogen-bond donors (Lipinski definition) is 2. The molecular formula is C29H41N3O7S2. The van der Waals surface area contributed by atoms with Gasteiger partial charge in [0.05, 0.1) is 11.7 Å². The summed E-state index contributed by atoms with van der Waals surface area (Å²) in [7, 11) is 1.23. The van der Waals surface area contributed by atoms with Gasteiger partial charge in [-0.3, -0.25) is 14.4 Å². The number of benzene rings is 1. The van der Waals surface area contributed by atoms with E-state index < -0.39 is 45.2 Å². The Labute approximate surface area is 249 Å². The number of hydroxylamine groups is 2. The molecule has 41 heavy (non-hydrogen) atoms. The van der Waals surface area contributed by atoms with E-state index in [-0.39, 0.29) is 11.4 Å². The number of carbonyl (C=O) groups excluding carboxylic acids is 1. The van der Waals surface area contributed by atoms with Crippen LogP contribution in [-0.2, 0) is 20.8 Å². The number of unbranched alkanes of at least 4 members (excludes halogenated alkanes) is 4. The van der Waals surface area contributed by atoms with Crippen LogP contribution < -0.4 is 0 Å². The van der Waals surface area contributed by atoms with Crippen LogP contribution in [0.4, 0.5) is 0 Å². The summed E-state index contributed by atoms with van der Waals surface area (Å²) < 4.78 is 4.97. The second-order valence-corrected chi connectivity index (χ2v) is 13.9. The van der Waals surface area contributed by atoms with E-state index in [1.807, 2.05) is 0 Å². The van der Waals surface area contributed by atoms with Gasteiger partial charge in [-0.05, 0) is 24.0 Å². The van der Waals surface area contributed by atoms with Gasteiger partial charge in [0.15, 0.2) is 11.4 Å². The first-order valence-corrected chi connectivity index (χ1v) is 16.1. The van der Waals surface area contributed by atoms with E-state index >= 15 is 0 Å².